The molecule has 0 fully saturated rings. The number of ether oxygens (including phenoxy) is 1. The van der Waals surface area contributed by atoms with Crippen molar-refractivity contribution in [2.75, 3.05) is 14.2 Å². The Hall–Kier alpha value is -0.610. The molecule has 0 rings (SSSR count). The van der Waals surface area contributed by atoms with Crippen molar-refractivity contribution in [1.29, 1.82) is 0 Å². The third kappa shape index (κ3) is 4.07. The van der Waals surface area contributed by atoms with Crippen LogP contribution in [-0.2, 0) is 9.53 Å². The summed E-state index contributed by atoms with van der Waals surface area (Å²) < 4.78 is 5.19. The van der Waals surface area contributed by atoms with E-state index in [0.29, 0.717) is 5.92 Å². The molecule has 0 unspecified atom stereocenters. The Balaban J connectivity index is 4.35. The summed E-state index contributed by atoms with van der Waals surface area (Å²) in [4.78, 5) is 10.6. The van der Waals surface area contributed by atoms with Crippen LogP contribution in [0.4, 0.5) is 0 Å². The molecule has 0 heterocycles. The van der Waals surface area contributed by atoms with Gasteiger partial charge in [0.2, 0.25) is 0 Å². The van der Waals surface area contributed by atoms with Gasteiger partial charge in [-0.15, -0.1) is 0 Å². The maximum atomic E-state index is 10.6. The van der Waals surface area contributed by atoms with Crippen molar-refractivity contribution in [1.82, 2.24) is 5.32 Å². The van der Waals surface area contributed by atoms with Gasteiger partial charge in [0.15, 0.2) is 0 Å². The van der Waals surface area contributed by atoms with Crippen molar-refractivity contribution >= 4 is 5.97 Å². The van der Waals surface area contributed by atoms with Gasteiger partial charge in [-0.3, -0.25) is 4.79 Å². The Morgan fingerprint density at radius 1 is 1.57 bits per heavy atom. The van der Waals surface area contributed by atoms with E-state index in [1.807, 2.05) is 7.05 Å². The first kappa shape index (κ1) is 13.4. The standard InChI is InChI=1S/C10H21NO3/c1-5-7(2)10(11-3)8(14-4)6-9(12)13/h7-8,10-11H,5-6H2,1-4H3,(H,12,13)/t7-,8+,10+/m1/s1. The monoisotopic (exact) mass is 203 g/mol. The molecule has 0 aliphatic carbocycles. The highest BCUT2D eigenvalue weighted by Crippen LogP contribution is 2.15. The highest BCUT2D eigenvalue weighted by Gasteiger charge is 2.26. The van der Waals surface area contributed by atoms with Gasteiger partial charge < -0.3 is 15.2 Å². The molecule has 3 atom stereocenters. The van der Waals surface area contributed by atoms with Gasteiger partial charge in [-0.05, 0) is 13.0 Å². The number of carbonyl (C=O) groups is 1. The minimum Gasteiger partial charge on any atom is -0.481 e. The van der Waals surface area contributed by atoms with E-state index in [1.165, 1.54) is 0 Å². The molecule has 0 bridgehead atoms. The van der Waals surface area contributed by atoms with Crippen molar-refractivity contribution in [2.24, 2.45) is 5.92 Å². The summed E-state index contributed by atoms with van der Waals surface area (Å²) in [5.41, 5.74) is 0. The van der Waals surface area contributed by atoms with E-state index in [0.717, 1.165) is 6.42 Å². The van der Waals surface area contributed by atoms with Crippen molar-refractivity contribution in [3.8, 4) is 0 Å². The van der Waals surface area contributed by atoms with E-state index >= 15 is 0 Å². The minimum atomic E-state index is -0.819. The number of methoxy groups -OCH3 is 1. The van der Waals surface area contributed by atoms with Crippen molar-refractivity contribution in [3.05, 3.63) is 0 Å². The van der Waals surface area contributed by atoms with E-state index in [4.69, 9.17) is 9.84 Å². The van der Waals surface area contributed by atoms with Gasteiger partial charge in [-0.25, -0.2) is 0 Å². The second kappa shape index (κ2) is 6.79. The van der Waals surface area contributed by atoms with Gasteiger partial charge >= 0.3 is 5.97 Å². The Morgan fingerprint density at radius 3 is 2.43 bits per heavy atom. The molecule has 84 valence electrons. The fourth-order valence-electron chi connectivity index (χ4n) is 1.62. The third-order valence-electron chi connectivity index (χ3n) is 2.67. The molecule has 0 aromatic rings. The molecule has 0 aromatic heterocycles. The number of hydrogen-bond donors (Lipinski definition) is 2. The zero-order valence-corrected chi connectivity index (χ0v) is 9.41. The lowest BCUT2D eigenvalue weighted by Gasteiger charge is -2.29. The quantitative estimate of drug-likeness (QED) is 0.650. The molecular formula is C10H21NO3. The number of hydrogen-bond acceptors (Lipinski definition) is 3. The average Bonchev–Trinajstić information content (AvgIpc) is 2.16. The number of aliphatic carboxylic acids is 1. The highest BCUT2D eigenvalue weighted by molar-refractivity contribution is 5.67. The van der Waals surface area contributed by atoms with Crippen LogP contribution >= 0.6 is 0 Å². The third-order valence-corrected chi connectivity index (χ3v) is 2.67. The number of nitrogens with one attached hydrogen (secondary N) is 1. The van der Waals surface area contributed by atoms with Crippen molar-refractivity contribution < 1.29 is 14.6 Å². The van der Waals surface area contributed by atoms with Gasteiger partial charge in [0.1, 0.15) is 0 Å². The van der Waals surface area contributed by atoms with Crippen LogP contribution in [0.3, 0.4) is 0 Å². The molecular weight excluding hydrogens is 182 g/mol. The molecule has 14 heavy (non-hydrogen) atoms. The normalized spacial score (nSPS) is 17.4. The van der Waals surface area contributed by atoms with Crippen LogP contribution in [0.25, 0.3) is 0 Å². The zero-order chi connectivity index (χ0) is 11.1. The molecule has 4 heteroatoms. The van der Waals surface area contributed by atoms with Crippen LogP contribution < -0.4 is 5.32 Å². The molecule has 2 N–H and O–H groups in total. The number of rotatable bonds is 7. The van der Waals surface area contributed by atoms with E-state index in [2.05, 4.69) is 19.2 Å². The first-order chi connectivity index (χ1) is 6.56. The summed E-state index contributed by atoms with van der Waals surface area (Å²) in [6.45, 7) is 4.18. The van der Waals surface area contributed by atoms with E-state index in [9.17, 15) is 4.79 Å². The highest BCUT2D eigenvalue weighted by atomic mass is 16.5. The zero-order valence-electron chi connectivity index (χ0n) is 9.41. The summed E-state index contributed by atoms with van der Waals surface area (Å²) in [6.07, 6.45) is 0.796. The first-order valence-electron chi connectivity index (χ1n) is 4.98. The van der Waals surface area contributed by atoms with Crippen LogP contribution in [0, 0.1) is 5.92 Å². The van der Waals surface area contributed by atoms with Crippen LogP contribution in [0.2, 0.25) is 0 Å². The minimum absolute atomic E-state index is 0.0480. The van der Waals surface area contributed by atoms with Gasteiger partial charge in [-0.1, -0.05) is 20.3 Å². The molecule has 0 aliphatic heterocycles. The van der Waals surface area contributed by atoms with E-state index in [1.54, 1.807) is 7.11 Å². The van der Waals surface area contributed by atoms with Crippen LogP contribution in [0.5, 0.6) is 0 Å². The van der Waals surface area contributed by atoms with E-state index in [-0.39, 0.29) is 18.6 Å². The molecule has 4 nitrogen and oxygen atoms in total. The predicted octanol–water partition coefficient (Wildman–Crippen LogP) is 1.11. The van der Waals surface area contributed by atoms with Crippen LogP contribution in [-0.4, -0.2) is 37.4 Å². The van der Waals surface area contributed by atoms with Gasteiger partial charge in [-0.2, -0.15) is 0 Å². The Kier molecular flexibility index (Phi) is 6.49. The summed E-state index contributed by atoms with van der Waals surface area (Å²) in [5.74, 6) is -0.412. The Morgan fingerprint density at radius 2 is 2.14 bits per heavy atom. The molecule has 0 saturated heterocycles. The summed E-state index contributed by atoms with van der Waals surface area (Å²) in [6, 6.07) is 0.0982. The maximum Gasteiger partial charge on any atom is 0.306 e. The number of carboxylic acids is 1. The van der Waals surface area contributed by atoms with Crippen LogP contribution in [0.15, 0.2) is 0 Å². The van der Waals surface area contributed by atoms with Gasteiger partial charge in [0.25, 0.3) is 0 Å². The lowest BCUT2D eigenvalue weighted by molar-refractivity contribution is -0.140. The molecule has 0 saturated carbocycles. The smallest absolute Gasteiger partial charge is 0.306 e. The summed E-state index contributed by atoms with van der Waals surface area (Å²) in [5, 5.41) is 11.8. The number of carboxylic acid groups (broad SMARTS) is 1. The summed E-state index contributed by atoms with van der Waals surface area (Å²) in [7, 11) is 3.39. The topological polar surface area (TPSA) is 58.6 Å². The SMILES string of the molecule is CC[C@@H](C)[C@H](NC)[C@H](CC(=O)O)OC. The van der Waals surface area contributed by atoms with Gasteiger partial charge in [0, 0.05) is 13.2 Å². The largest absolute Gasteiger partial charge is 0.481 e. The molecule has 0 amide bonds. The van der Waals surface area contributed by atoms with Crippen LogP contribution in [0.1, 0.15) is 26.7 Å². The van der Waals surface area contributed by atoms with E-state index < -0.39 is 5.97 Å². The fourth-order valence-corrected chi connectivity index (χ4v) is 1.62. The Bertz CT molecular complexity index is 173. The molecule has 0 spiro atoms. The van der Waals surface area contributed by atoms with Gasteiger partial charge in [0.05, 0.1) is 12.5 Å². The van der Waals surface area contributed by atoms with Crippen molar-refractivity contribution in [2.45, 2.75) is 38.8 Å². The molecule has 0 aliphatic rings. The second-order valence-corrected chi connectivity index (χ2v) is 3.57. The average molecular weight is 203 g/mol. The predicted molar refractivity (Wildman–Crippen MR) is 55.4 cm³/mol. The fraction of sp³-hybridized carbons (Fsp3) is 0.900. The Labute approximate surface area is 85.6 Å². The lowest BCUT2D eigenvalue weighted by Crippen LogP contribution is -2.44. The number of likely N-dealkylation sites (N-methyl/N-ethyl adjacent to an activating group) is 1. The molecule has 0 aromatic carbocycles. The maximum absolute atomic E-state index is 10.6. The first-order valence-corrected chi connectivity index (χ1v) is 4.98. The molecule has 0 radical (unpaired) electrons. The van der Waals surface area contributed by atoms with Crippen molar-refractivity contribution in [3.63, 3.8) is 0 Å². The second-order valence-electron chi connectivity index (χ2n) is 3.57. The summed E-state index contributed by atoms with van der Waals surface area (Å²) >= 11 is 0. The lowest BCUT2D eigenvalue weighted by atomic mass is 9.93.